The summed E-state index contributed by atoms with van der Waals surface area (Å²) in [5.74, 6) is 0.785. The lowest BCUT2D eigenvalue weighted by Gasteiger charge is -2.30. The minimum atomic E-state index is 0.147. The molecule has 0 aromatic carbocycles. The van der Waals surface area contributed by atoms with E-state index in [0.717, 1.165) is 32.5 Å². The first kappa shape index (κ1) is 12.5. The molecule has 2 heterocycles. The lowest BCUT2D eigenvalue weighted by molar-refractivity contribution is -0.133. The Kier molecular flexibility index (Phi) is 3.72. The van der Waals surface area contributed by atoms with Crippen molar-refractivity contribution in [2.75, 3.05) is 19.6 Å². The highest BCUT2D eigenvalue weighted by Gasteiger charge is 2.34. The fourth-order valence-electron chi connectivity index (χ4n) is 2.67. The van der Waals surface area contributed by atoms with Gasteiger partial charge < -0.3 is 10.2 Å². The van der Waals surface area contributed by atoms with Crippen LogP contribution in [0.15, 0.2) is 6.33 Å². The maximum absolute atomic E-state index is 12.4. The van der Waals surface area contributed by atoms with E-state index in [2.05, 4.69) is 25.7 Å². The zero-order valence-electron chi connectivity index (χ0n) is 11.0. The molecule has 1 aromatic rings. The molecule has 1 aliphatic carbocycles. The number of carbonyl (C=O) groups is 1. The molecule has 2 aliphatic rings. The highest BCUT2D eigenvalue weighted by Crippen LogP contribution is 2.29. The summed E-state index contributed by atoms with van der Waals surface area (Å²) < 4.78 is 1.50. The lowest BCUT2D eigenvalue weighted by atomic mass is 9.97. The topological polar surface area (TPSA) is 75.9 Å². The smallest absolute Gasteiger partial charge is 0.244 e. The van der Waals surface area contributed by atoms with Crippen LogP contribution in [0.1, 0.15) is 25.7 Å². The standard InChI is InChI=1S/C12H20N6O/c19-12(8-17-9-14-15-16-17)18(11-1-2-11)7-10-3-5-13-6-4-10/h9-11,13H,1-8H2. The molecule has 0 bridgehead atoms. The molecule has 7 nitrogen and oxygen atoms in total. The molecule has 0 atom stereocenters. The second kappa shape index (κ2) is 5.64. The molecule has 3 rings (SSSR count). The molecule has 0 radical (unpaired) electrons. The maximum Gasteiger partial charge on any atom is 0.244 e. The number of hydrogen-bond acceptors (Lipinski definition) is 5. The van der Waals surface area contributed by atoms with Crippen molar-refractivity contribution >= 4 is 5.91 Å². The van der Waals surface area contributed by atoms with Gasteiger partial charge in [0, 0.05) is 12.6 Å². The molecule has 7 heteroatoms. The minimum absolute atomic E-state index is 0.147. The Balaban J connectivity index is 1.58. The van der Waals surface area contributed by atoms with Crippen LogP contribution in [0, 0.1) is 5.92 Å². The monoisotopic (exact) mass is 264 g/mol. The minimum Gasteiger partial charge on any atom is -0.338 e. The van der Waals surface area contributed by atoms with Crippen LogP contribution in [0.2, 0.25) is 0 Å². The van der Waals surface area contributed by atoms with Crippen molar-refractivity contribution < 1.29 is 4.79 Å². The fraction of sp³-hybridized carbons (Fsp3) is 0.833. The summed E-state index contributed by atoms with van der Waals surface area (Å²) in [6.45, 7) is 3.30. The predicted molar refractivity (Wildman–Crippen MR) is 68.1 cm³/mol. The molecule has 0 spiro atoms. The second-order valence-corrected chi connectivity index (χ2v) is 5.48. The van der Waals surface area contributed by atoms with Gasteiger partial charge in [0.15, 0.2) is 0 Å². The Bertz CT molecular complexity index is 410. The molecule has 1 amide bonds. The van der Waals surface area contributed by atoms with Crippen molar-refractivity contribution in [3.05, 3.63) is 6.33 Å². The van der Waals surface area contributed by atoms with Gasteiger partial charge in [-0.3, -0.25) is 4.79 Å². The first-order chi connectivity index (χ1) is 9.33. The highest BCUT2D eigenvalue weighted by atomic mass is 16.2. The Morgan fingerprint density at radius 1 is 1.32 bits per heavy atom. The van der Waals surface area contributed by atoms with Crippen molar-refractivity contribution in [3.8, 4) is 0 Å². The molecular weight excluding hydrogens is 244 g/mol. The molecular formula is C12H20N6O. The van der Waals surface area contributed by atoms with Crippen LogP contribution in [-0.4, -0.2) is 56.7 Å². The first-order valence-electron chi connectivity index (χ1n) is 7.04. The largest absolute Gasteiger partial charge is 0.338 e. The van der Waals surface area contributed by atoms with Crippen molar-refractivity contribution in [1.29, 1.82) is 0 Å². The molecule has 104 valence electrons. The van der Waals surface area contributed by atoms with Gasteiger partial charge in [0.25, 0.3) is 0 Å². The average Bonchev–Trinajstić information content (AvgIpc) is 3.15. The van der Waals surface area contributed by atoms with Crippen molar-refractivity contribution in [3.63, 3.8) is 0 Å². The van der Waals surface area contributed by atoms with Gasteiger partial charge in [-0.2, -0.15) is 0 Å². The molecule has 1 aromatic heterocycles. The Morgan fingerprint density at radius 2 is 2.11 bits per heavy atom. The predicted octanol–water partition coefficient (Wildman–Crippen LogP) is -0.336. The van der Waals surface area contributed by atoms with E-state index in [-0.39, 0.29) is 12.5 Å². The van der Waals surface area contributed by atoms with E-state index in [9.17, 15) is 4.79 Å². The number of aromatic nitrogens is 4. The maximum atomic E-state index is 12.4. The normalized spacial score (nSPS) is 20.4. The van der Waals surface area contributed by atoms with Gasteiger partial charge in [0.05, 0.1) is 0 Å². The number of amides is 1. The molecule has 2 fully saturated rings. The van der Waals surface area contributed by atoms with Crippen LogP contribution >= 0.6 is 0 Å². The summed E-state index contributed by atoms with van der Waals surface area (Å²) >= 11 is 0. The van der Waals surface area contributed by atoms with Crippen LogP contribution in [0.4, 0.5) is 0 Å². The Morgan fingerprint density at radius 3 is 2.74 bits per heavy atom. The van der Waals surface area contributed by atoms with Gasteiger partial charge in [-0.25, -0.2) is 4.68 Å². The van der Waals surface area contributed by atoms with Crippen LogP contribution < -0.4 is 5.32 Å². The zero-order chi connectivity index (χ0) is 13.1. The average molecular weight is 264 g/mol. The fourth-order valence-corrected chi connectivity index (χ4v) is 2.67. The quantitative estimate of drug-likeness (QED) is 0.787. The van der Waals surface area contributed by atoms with Crippen LogP contribution in [0.3, 0.4) is 0 Å². The van der Waals surface area contributed by atoms with E-state index >= 15 is 0 Å². The summed E-state index contributed by atoms with van der Waals surface area (Å²) in [6, 6.07) is 0.457. The van der Waals surface area contributed by atoms with Gasteiger partial charge >= 0.3 is 0 Å². The van der Waals surface area contributed by atoms with Crippen molar-refractivity contribution in [1.82, 2.24) is 30.4 Å². The number of carbonyl (C=O) groups excluding carboxylic acids is 1. The van der Waals surface area contributed by atoms with Crippen LogP contribution in [0.5, 0.6) is 0 Å². The third-order valence-corrected chi connectivity index (χ3v) is 3.91. The van der Waals surface area contributed by atoms with E-state index in [1.54, 1.807) is 0 Å². The van der Waals surface area contributed by atoms with Gasteiger partial charge in [-0.15, -0.1) is 5.10 Å². The molecule has 0 unspecified atom stereocenters. The highest BCUT2D eigenvalue weighted by molar-refractivity contribution is 5.76. The number of nitrogens with one attached hydrogen (secondary N) is 1. The molecule has 1 N–H and O–H groups in total. The number of piperidine rings is 1. The Hall–Kier alpha value is -1.50. The van der Waals surface area contributed by atoms with E-state index < -0.39 is 0 Å². The van der Waals surface area contributed by atoms with Gasteiger partial charge in [-0.1, -0.05) is 0 Å². The summed E-state index contributed by atoms with van der Waals surface area (Å²) in [5.41, 5.74) is 0. The third kappa shape index (κ3) is 3.28. The number of nitrogens with zero attached hydrogens (tertiary/aromatic N) is 5. The van der Waals surface area contributed by atoms with Crippen LogP contribution in [0.25, 0.3) is 0 Å². The third-order valence-electron chi connectivity index (χ3n) is 3.91. The number of rotatable bonds is 5. The first-order valence-corrected chi connectivity index (χ1v) is 7.04. The van der Waals surface area contributed by atoms with Gasteiger partial charge in [0.2, 0.25) is 5.91 Å². The van der Waals surface area contributed by atoms with E-state index in [4.69, 9.17) is 0 Å². The SMILES string of the molecule is O=C(Cn1cnnn1)N(CC1CCNCC1)C1CC1. The lowest BCUT2D eigenvalue weighted by Crippen LogP contribution is -2.42. The molecule has 1 saturated carbocycles. The van der Waals surface area contributed by atoms with Gasteiger partial charge in [0.1, 0.15) is 12.9 Å². The van der Waals surface area contributed by atoms with Crippen molar-refractivity contribution in [2.45, 2.75) is 38.3 Å². The summed E-state index contributed by atoms with van der Waals surface area (Å²) in [7, 11) is 0. The number of tetrazole rings is 1. The summed E-state index contributed by atoms with van der Waals surface area (Å²) in [5, 5.41) is 14.3. The second-order valence-electron chi connectivity index (χ2n) is 5.48. The molecule has 19 heavy (non-hydrogen) atoms. The summed E-state index contributed by atoms with van der Waals surface area (Å²) in [6.07, 6.45) is 6.12. The molecule has 1 aliphatic heterocycles. The summed E-state index contributed by atoms with van der Waals surface area (Å²) in [4.78, 5) is 14.4. The van der Waals surface area contributed by atoms with Crippen molar-refractivity contribution in [2.24, 2.45) is 5.92 Å². The zero-order valence-corrected chi connectivity index (χ0v) is 11.0. The number of hydrogen-bond donors (Lipinski definition) is 1. The molecule has 1 saturated heterocycles. The van der Waals surface area contributed by atoms with E-state index in [1.807, 2.05) is 0 Å². The van der Waals surface area contributed by atoms with E-state index in [1.165, 1.54) is 23.9 Å². The van der Waals surface area contributed by atoms with Crippen LogP contribution in [-0.2, 0) is 11.3 Å². The van der Waals surface area contributed by atoms with Gasteiger partial charge in [-0.05, 0) is 55.1 Å². The van der Waals surface area contributed by atoms with E-state index in [0.29, 0.717) is 12.0 Å². The Labute approximate surface area is 112 Å².